The van der Waals surface area contributed by atoms with Gasteiger partial charge in [-0.15, -0.1) is 0 Å². The Labute approximate surface area is 198 Å². The summed E-state index contributed by atoms with van der Waals surface area (Å²) < 4.78 is 4.83. The fourth-order valence-electron chi connectivity index (χ4n) is 5.61. The normalized spacial score (nSPS) is 13.1. The Morgan fingerprint density at radius 2 is 1.15 bits per heavy atom. The van der Waals surface area contributed by atoms with Crippen LogP contribution in [-0.2, 0) is 6.42 Å². The molecule has 0 fully saturated rings. The first kappa shape index (κ1) is 19.2. The molecule has 0 saturated carbocycles. The molecule has 0 bridgehead atoms. The number of para-hydroxylation sites is 3. The number of benzene rings is 4. The van der Waals surface area contributed by atoms with Crippen molar-refractivity contribution in [2.75, 3.05) is 0 Å². The molecule has 7 rings (SSSR count). The number of hydrogen-bond acceptors (Lipinski definition) is 0. The molecule has 2 heterocycles. The Morgan fingerprint density at radius 1 is 0.588 bits per heavy atom. The summed E-state index contributed by atoms with van der Waals surface area (Å²) in [5.74, 6) is 0. The smallest absolute Gasteiger partial charge is 0.0541 e. The lowest BCUT2D eigenvalue weighted by Crippen LogP contribution is -2.01. The summed E-state index contributed by atoms with van der Waals surface area (Å²) in [6.45, 7) is 2.20. The second-order valence-corrected chi connectivity index (χ2v) is 9.10. The predicted octanol–water partition coefficient (Wildman–Crippen LogP) is 8.16. The molecule has 0 N–H and O–H groups in total. The molecule has 0 aliphatic heterocycles. The minimum absolute atomic E-state index is 0.946. The van der Waals surface area contributed by atoms with Crippen molar-refractivity contribution in [3.8, 4) is 11.4 Å². The highest BCUT2D eigenvalue weighted by atomic mass is 15.0. The summed E-state index contributed by atoms with van der Waals surface area (Å²) >= 11 is 0. The quantitative estimate of drug-likeness (QED) is 0.259. The summed E-state index contributed by atoms with van der Waals surface area (Å²) in [6, 6.07) is 33.1. The number of allylic oxidation sites excluding steroid dienone is 3. The summed E-state index contributed by atoms with van der Waals surface area (Å²) in [7, 11) is 0. The Bertz CT molecular complexity index is 1740. The van der Waals surface area contributed by atoms with Gasteiger partial charge >= 0.3 is 0 Å². The van der Waals surface area contributed by atoms with Gasteiger partial charge in [-0.1, -0.05) is 72.8 Å². The molecule has 0 atom stereocenters. The number of nitrogens with zero attached hydrogens (tertiary/aromatic N) is 2. The number of fused-ring (bicyclic) bond motifs is 6. The minimum Gasteiger partial charge on any atom is -0.309 e. The first-order valence-electron chi connectivity index (χ1n) is 11.9. The fraction of sp³-hybridized carbons (Fsp3) is 0.0625. The second-order valence-electron chi connectivity index (χ2n) is 9.10. The molecule has 6 aromatic rings. The van der Waals surface area contributed by atoms with E-state index in [0.717, 1.165) is 6.42 Å². The zero-order valence-corrected chi connectivity index (χ0v) is 19.1. The van der Waals surface area contributed by atoms with Gasteiger partial charge in [-0.2, -0.15) is 0 Å². The van der Waals surface area contributed by atoms with E-state index >= 15 is 0 Å². The summed E-state index contributed by atoms with van der Waals surface area (Å²) in [5, 5.41) is 3.90. The van der Waals surface area contributed by atoms with Gasteiger partial charge in [-0.05, 0) is 66.9 Å². The van der Waals surface area contributed by atoms with Gasteiger partial charge in [0, 0.05) is 27.5 Å². The molecule has 162 valence electrons. The first-order valence-corrected chi connectivity index (χ1v) is 11.9. The monoisotopic (exact) mass is 436 g/mol. The van der Waals surface area contributed by atoms with Gasteiger partial charge in [0.05, 0.1) is 22.2 Å². The third kappa shape index (κ3) is 2.75. The molecule has 2 nitrogen and oxygen atoms in total. The highest BCUT2D eigenvalue weighted by Gasteiger charge is 2.18. The maximum Gasteiger partial charge on any atom is 0.0541 e. The van der Waals surface area contributed by atoms with Crippen LogP contribution in [0.2, 0.25) is 0 Å². The van der Waals surface area contributed by atoms with Crippen molar-refractivity contribution in [3.63, 3.8) is 0 Å². The average molecular weight is 437 g/mol. The Balaban J connectivity index is 1.55. The van der Waals surface area contributed by atoms with Crippen LogP contribution in [0.3, 0.4) is 0 Å². The maximum absolute atomic E-state index is 2.43. The van der Waals surface area contributed by atoms with Crippen LogP contribution in [0.1, 0.15) is 16.8 Å². The number of aryl methyl sites for hydroxylation is 1. The zero-order valence-electron chi connectivity index (χ0n) is 19.1. The molecule has 1 aliphatic rings. The van der Waals surface area contributed by atoms with Crippen molar-refractivity contribution in [1.29, 1.82) is 0 Å². The first-order chi connectivity index (χ1) is 16.8. The summed E-state index contributed by atoms with van der Waals surface area (Å²) in [4.78, 5) is 0. The highest BCUT2D eigenvalue weighted by molar-refractivity contribution is 6.09. The molecule has 1 aliphatic carbocycles. The summed E-state index contributed by atoms with van der Waals surface area (Å²) in [5.41, 5.74) is 10.0. The van der Waals surface area contributed by atoms with Crippen molar-refractivity contribution >= 4 is 38.8 Å². The van der Waals surface area contributed by atoms with E-state index in [2.05, 4.69) is 131 Å². The SMILES string of the molecule is Cc1cc(-n2c3c(c4ccccc42)CC=CC=C3)cc(-n2c3ccccc3c3ccccc32)c1. The van der Waals surface area contributed by atoms with Crippen LogP contribution in [0.5, 0.6) is 0 Å². The van der Waals surface area contributed by atoms with Crippen molar-refractivity contribution in [2.24, 2.45) is 0 Å². The standard InChI is InChI=1S/C32H24N2/c1-22-19-23(33-29-15-4-2-3-11-25(29)26-12-5-8-16-30(26)33)21-24(20-22)34-31-17-9-6-13-27(31)28-14-7-10-18-32(28)34/h2-10,12-21H,11H2,1H3. The van der Waals surface area contributed by atoms with E-state index < -0.39 is 0 Å². The van der Waals surface area contributed by atoms with Crippen LogP contribution in [-0.4, -0.2) is 9.13 Å². The van der Waals surface area contributed by atoms with Crippen LogP contribution < -0.4 is 0 Å². The molecular formula is C32H24N2. The molecule has 34 heavy (non-hydrogen) atoms. The van der Waals surface area contributed by atoms with Gasteiger partial charge in [-0.3, -0.25) is 0 Å². The molecule has 2 heteroatoms. The van der Waals surface area contributed by atoms with E-state index in [4.69, 9.17) is 0 Å². The van der Waals surface area contributed by atoms with E-state index in [9.17, 15) is 0 Å². The lowest BCUT2D eigenvalue weighted by Gasteiger charge is -2.15. The van der Waals surface area contributed by atoms with Gasteiger partial charge in [0.15, 0.2) is 0 Å². The predicted molar refractivity (Wildman–Crippen MR) is 144 cm³/mol. The molecule has 0 amide bonds. The number of hydrogen-bond donors (Lipinski definition) is 0. The fourth-order valence-corrected chi connectivity index (χ4v) is 5.61. The van der Waals surface area contributed by atoms with Gasteiger partial charge in [0.1, 0.15) is 0 Å². The van der Waals surface area contributed by atoms with E-state index in [1.165, 1.54) is 60.9 Å². The number of aromatic nitrogens is 2. The van der Waals surface area contributed by atoms with Crippen LogP contribution >= 0.6 is 0 Å². The van der Waals surface area contributed by atoms with E-state index in [-0.39, 0.29) is 0 Å². The number of rotatable bonds is 2. The average Bonchev–Trinajstić information content (AvgIpc) is 3.25. The van der Waals surface area contributed by atoms with Crippen molar-refractivity contribution < 1.29 is 0 Å². The lowest BCUT2D eigenvalue weighted by molar-refractivity contribution is 1.07. The minimum atomic E-state index is 0.946. The molecule has 0 spiro atoms. The maximum atomic E-state index is 2.43. The van der Waals surface area contributed by atoms with E-state index in [1.807, 2.05) is 0 Å². The molecule has 0 unspecified atom stereocenters. The second kappa shape index (κ2) is 7.36. The zero-order chi connectivity index (χ0) is 22.6. The highest BCUT2D eigenvalue weighted by Crippen LogP contribution is 2.36. The van der Waals surface area contributed by atoms with Gasteiger partial charge in [-0.25, -0.2) is 0 Å². The molecule has 4 aromatic carbocycles. The van der Waals surface area contributed by atoms with Crippen molar-refractivity contribution in [2.45, 2.75) is 13.3 Å². The van der Waals surface area contributed by atoms with Crippen LogP contribution in [0.4, 0.5) is 0 Å². The third-order valence-corrected chi connectivity index (χ3v) is 6.99. The largest absolute Gasteiger partial charge is 0.309 e. The summed E-state index contributed by atoms with van der Waals surface area (Å²) in [6.07, 6.45) is 9.76. The van der Waals surface area contributed by atoms with E-state index in [0.29, 0.717) is 0 Å². The Kier molecular flexibility index (Phi) is 4.16. The van der Waals surface area contributed by atoms with Gasteiger partial charge in [0.2, 0.25) is 0 Å². The molecular weight excluding hydrogens is 412 g/mol. The van der Waals surface area contributed by atoms with Crippen molar-refractivity contribution in [1.82, 2.24) is 9.13 Å². The topological polar surface area (TPSA) is 9.86 Å². The third-order valence-electron chi connectivity index (χ3n) is 6.99. The molecule has 0 saturated heterocycles. The van der Waals surface area contributed by atoms with E-state index in [1.54, 1.807) is 0 Å². The van der Waals surface area contributed by atoms with Crippen LogP contribution in [0, 0.1) is 6.92 Å². The van der Waals surface area contributed by atoms with Crippen LogP contribution in [0.15, 0.2) is 109 Å². The van der Waals surface area contributed by atoms with Crippen LogP contribution in [0.25, 0.3) is 50.2 Å². The van der Waals surface area contributed by atoms with Gasteiger partial charge < -0.3 is 9.13 Å². The Hall–Kier alpha value is -4.30. The Morgan fingerprint density at radius 3 is 1.82 bits per heavy atom. The van der Waals surface area contributed by atoms with Gasteiger partial charge in [0.25, 0.3) is 0 Å². The molecule has 2 aromatic heterocycles. The lowest BCUT2D eigenvalue weighted by atomic mass is 10.1. The van der Waals surface area contributed by atoms with Crippen molar-refractivity contribution in [3.05, 3.63) is 126 Å². The molecule has 0 radical (unpaired) electrons.